The van der Waals surface area contributed by atoms with Crippen LogP contribution < -0.4 is 5.32 Å². The van der Waals surface area contributed by atoms with E-state index in [-0.39, 0.29) is 18.3 Å². The van der Waals surface area contributed by atoms with Crippen LogP contribution in [-0.4, -0.2) is 64.3 Å². The molecule has 0 bridgehead atoms. The summed E-state index contributed by atoms with van der Waals surface area (Å²) in [6, 6.07) is 0. The molecule has 0 unspecified atom stereocenters. The minimum Gasteiger partial charge on any atom is -0.483 e. The summed E-state index contributed by atoms with van der Waals surface area (Å²) in [5.41, 5.74) is 0.956. The molecule has 1 aromatic rings. The number of hydrogen-bond donors (Lipinski definition) is 3. The second-order valence-corrected chi connectivity index (χ2v) is 7.04. The number of likely N-dealkylation sites (tertiary alicyclic amines) is 1. The Bertz CT molecular complexity index is 669. The molecule has 2 atom stereocenters. The minimum atomic E-state index is -0.838. The largest absolute Gasteiger partial charge is 0.483 e. The summed E-state index contributed by atoms with van der Waals surface area (Å²) in [6.45, 7) is 4.91. The lowest BCUT2D eigenvalue weighted by molar-refractivity contribution is -0.154. The van der Waals surface area contributed by atoms with E-state index in [0.29, 0.717) is 45.3 Å². The van der Waals surface area contributed by atoms with Gasteiger partial charge >= 0.3 is 0 Å². The predicted molar refractivity (Wildman–Crippen MR) is 94.9 cm³/mol. The normalized spacial score (nSPS) is 24.8. The Kier molecular flexibility index (Phi) is 6.95. The Balaban J connectivity index is 0.000000817. The Morgan fingerprint density at radius 2 is 2.19 bits per heavy atom. The molecule has 1 spiro atoms. The van der Waals surface area contributed by atoms with Gasteiger partial charge < -0.3 is 25.0 Å². The van der Waals surface area contributed by atoms with Gasteiger partial charge in [-0.1, -0.05) is 5.16 Å². The molecule has 27 heavy (non-hydrogen) atoms. The van der Waals surface area contributed by atoms with E-state index in [4.69, 9.17) is 14.4 Å². The Morgan fingerprint density at radius 3 is 2.78 bits per heavy atom. The van der Waals surface area contributed by atoms with E-state index in [9.17, 15) is 14.7 Å². The smallest absolute Gasteiger partial charge is 0.290 e. The van der Waals surface area contributed by atoms with Crippen LogP contribution in [-0.2, 0) is 20.8 Å². The zero-order valence-electron chi connectivity index (χ0n) is 15.7. The number of nitrogens with one attached hydrogen (secondary N) is 1. The molecule has 0 aromatic carbocycles. The third-order valence-corrected chi connectivity index (χ3v) is 5.44. The predicted octanol–water partition coefficient (Wildman–Crippen LogP) is 0.414. The Labute approximate surface area is 157 Å². The van der Waals surface area contributed by atoms with Crippen molar-refractivity contribution in [1.82, 2.24) is 15.4 Å². The first kappa shape index (κ1) is 20.9. The second-order valence-electron chi connectivity index (χ2n) is 7.04. The van der Waals surface area contributed by atoms with Crippen LogP contribution in [0, 0.1) is 19.3 Å². The number of aliphatic hydroxyl groups excluding tert-OH is 1. The molecule has 0 saturated carbocycles. The van der Waals surface area contributed by atoms with Crippen molar-refractivity contribution in [3.63, 3.8) is 0 Å². The molecular weight excluding hydrogens is 354 g/mol. The van der Waals surface area contributed by atoms with Gasteiger partial charge in [0.15, 0.2) is 0 Å². The molecule has 3 heterocycles. The number of rotatable bonds is 3. The van der Waals surface area contributed by atoms with Crippen molar-refractivity contribution in [1.29, 1.82) is 0 Å². The zero-order valence-corrected chi connectivity index (χ0v) is 15.7. The molecule has 2 aliphatic heterocycles. The molecule has 2 fully saturated rings. The van der Waals surface area contributed by atoms with Gasteiger partial charge in [0.2, 0.25) is 11.8 Å². The number of piperidine rings is 2. The van der Waals surface area contributed by atoms with Crippen LogP contribution in [0.2, 0.25) is 0 Å². The molecule has 2 saturated heterocycles. The fraction of sp³-hybridized carbons (Fsp3) is 0.667. The van der Waals surface area contributed by atoms with Crippen LogP contribution in [0.3, 0.4) is 0 Å². The summed E-state index contributed by atoms with van der Waals surface area (Å²) < 4.78 is 5.13. The van der Waals surface area contributed by atoms with E-state index in [1.54, 1.807) is 4.90 Å². The number of carbonyl (C=O) groups is 3. The van der Waals surface area contributed by atoms with Crippen molar-refractivity contribution in [2.75, 3.05) is 19.6 Å². The van der Waals surface area contributed by atoms with Crippen molar-refractivity contribution >= 4 is 18.3 Å². The highest BCUT2D eigenvalue weighted by Crippen LogP contribution is 2.37. The molecule has 0 radical (unpaired) electrons. The number of aromatic nitrogens is 1. The summed E-state index contributed by atoms with van der Waals surface area (Å²) in [4.78, 5) is 35.1. The number of amides is 2. The lowest BCUT2D eigenvalue weighted by Gasteiger charge is -2.46. The van der Waals surface area contributed by atoms with Crippen LogP contribution in [0.1, 0.15) is 42.7 Å². The van der Waals surface area contributed by atoms with Crippen LogP contribution in [0.5, 0.6) is 0 Å². The second kappa shape index (κ2) is 8.98. The van der Waals surface area contributed by atoms with Crippen molar-refractivity contribution in [3.05, 3.63) is 17.0 Å². The van der Waals surface area contributed by atoms with Gasteiger partial charge in [-0.2, -0.15) is 0 Å². The third kappa shape index (κ3) is 4.47. The molecular formula is C18H27N3O6. The number of hydrogen-bond acceptors (Lipinski definition) is 6. The Morgan fingerprint density at radius 1 is 1.48 bits per heavy atom. The molecule has 0 aliphatic carbocycles. The fourth-order valence-electron chi connectivity index (χ4n) is 3.91. The van der Waals surface area contributed by atoms with E-state index in [2.05, 4.69) is 10.5 Å². The van der Waals surface area contributed by atoms with Crippen LogP contribution >= 0.6 is 0 Å². The fourth-order valence-corrected chi connectivity index (χ4v) is 3.91. The van der Waals surface area contributed by atoms with Crippen molar-refractivity contribution in [2.24, 2.45) is 5.41 Å². The number of aliphatic hydroxyl groups is 1. The van der Waals surface area contributed by atoms with Gasteiger partial charge in [0.05, 0.1) is 17.2 Å². The maximum absolute atomic E-state index is 12.6. The average molecular weight is 381 g/mol. The molecule has 1 aromatic heterocycles. The molecule has 2 aliphatic rings. The maximum atomic E-state index is 12.6. The first-order chi connectivity index (χ1) is 12.9. The van der Waals surface area contributed by atoms with E-state index >= 15 is 0 Å². The van der Waals surface area contributed by atoms with Gasteiger partial charge in [-0.05, 0) is 39.5 Å². The van der Waals surface area contributed by atoms with Crippen LogP contribution in [0.25, 0.3) is 0 Å². The number of aryl methyl sites for hydroxylation is 2. The van der Waals surface area contributed by atoms with Crippen LogP contribution in [0.4, 0.5) is 0 Å². The highest BCUT2D eigenvalue weighted by atomic mass is 16.5. The van der Waals surface area contributed by atoms with Crippen molar-refractivity contribution in [3.8, 4) is 0 Å². The highest BCUT2D eigenvalue weighted by molar-refractivity contribution is 5.86. The molecule has 3 rings (SSSR count). The standard InChI is InChI=1S/C17H25N3O4.CH2O2/c1-11-13(12(2)24-19-11)4-5-15(22)20-9-6-14(21)17(10-20)7-3-8-18-16(17)23;2-1-3/h14,21H,3-10H2,1-2H3,(H,18,23);1H,(H,2,3)/t14-,17+;/m0./s1. The lowest BCUT2D eigenvalue weighted by atomic mass is 9.71. The number of carboxylic acid groups (broad SMARTS) is 1. The zero-order chi connectivity index (χ0) is 20.0. The van der Waals surface area contributed by atoms with Gasteiger partial charge in [0.1, 0.15) is 5.76 Å². The van der Waals surface area contributed by atoms with E-state index in [1.165, 1.54) is 0 Å². The summed E-state index contributed by atoms with van der Waals surface area (Å²) in [7, 11) is 0. The average Bonchev–Trinajstić information content (AvgIpc) is 2.96. The van der Waals surface area contributed by atoms with Gasteiger partial charge in [-0.25, -0.2) is 0 Å². The summed E-state index contributed by atoms with van der Waals surface area (Å²) in [6.07, 6.45) is 2.18. The van der Waals surface area contributed by atoms with Crippen LogP contribution in [0.15, 0.2) is 4.52 Å². The van der Waals surface area contributed by atoms with Gasteiger partial charge in [-0.3, -0.25) is 14.4 Å². The van der Waals surface area contributed by atoms with Crippen molar-refractivity contribution < 1.29 is 29.1 Å². The van der Waals surface area contributed by atoms with Gasteiger partial charge in [-0.15, -0.1) is 0 Å². The summed E-state index contributed by atoms with van der Waals surface area (Å²) in [5.74, 6) is 0.640. The maximum Gasteiger partial charge on any atom is 0.290 e. The van der Waals surface area contributed by atoms with Gasteiger partial charge in [0, 0.05) is 31.6 Å². The molecule has 9 nitrogen and oxygen atoms in total. The SMILES string of the molecule is Cc1noc(C)c1CCC(=O)N1CC[C@H](O)[C@@]2(CCCNC2=O)C1.O=CO. The molecule has 9 heteroatoms. The first-order valence-corrected chi connectivity index (χ1v) is 9.09. The molecule has 2 amide bonds. The monoisotopic (exact) mass is 381 g/mol. The third-order valence-electron chi connectivity index (χ3n) is 5.44. The number of carbonyl (C=O) groups excluding carboxylic acids is 2. The lowest BCUT2D eigenvalue weighted by Crippen LogP contribution is -2.62. The van der Waals surface area contributed by atoms with Gasteiger partial charge in [0.25, 0.3) is 6.47 Å². The Hall–Kier alpha value is -2.42. The van der Waals surface area contributed by atoms with E-state index in [0.717, 1.165) is 23.4 Å². The topological polar surface area (TPSA) is 133 Å². The minimum absolute atomic E-state index is 0.0136. The van der Waals surface area contributed by atoms with E-state index in [1.807, 2.05) is 13.8 Å². The summed E-state index contributed by atoms with van der Waals surface area (Å²) in [5, 5.41) is 24.0. The first-order valence-electron chi connectivity index (χ1n) is 9.09. The molecule has 150 valence electrons. The van der Waals surface area contributed by atoms with Crippen molar-refractivity contribution in [2.45, 2.75) is 52.1 Å². The number of nitrogens with zero attached hydrogens (tertiary/aromatic N) is 2. The van der Waals surface area contributed by atoms with E-state index < -0.39 is 11.5 Å². The highest BCUT2D eigenvalue weighted by Gasteiger charge is 2.50. The summed E-state index contributed by atoms with van der Waals surface area (Å²) >= 11 is 0. The quantitative estimate of drug-likeness (QED) is 0.646. The molecule has 3 N–H and O–H groups in total.